The lowest BCUT2D eigenvalue weighted by molar-refractivity contribution is -0.130. The van der Waals surface area contributed by atoms with Crippen LogP contribution < -0.4 is 4.90 Å². The fraction of sp³-hybridized carbons (Fsp3) is 0.500. The van der Waals surface area contributed by atoms with E-state index in [-0.39, 0.29) is 11.8 Å². The third-order valence-corrected chi connectivity index (χ3v) is 5.09. The predicted molar refractivity (Wildman–Crippen MR) is 84.6 cm³/mol. The van der Waals surface area contributed by atoms with Gasteiger partial charge in [0, 0.05) is 31.0 Å². The lowest BCUT2D eigenvalue weighted by Gasteiger charge is -2.29. The summed E-state index contributed by atoms with van der Waals surface area (Å²) in [6.07, 6.45) is 3.53. The molecular formula is C16H20N2O2S. The SMILES string of the molecule is O=C(CCCN1C(=O)CSc2ccccc21)N1CCCC1. The van der Waals surface area contributed by atoms with Gasteiger partial charge in [-0.25, -0.2) is 0 Å². The maximum atomic E-state index is 12.1. The quantitative estimate of drug-likeness (QED) is 0.858. The summed E-state index contributed by atoms with van der Waals surface area (Å²) in [4.78, 5) is 29.1. The first-order valence-corrected chi connectivity index (χ1v) is 8.54. The highest BCUT2D eigenvalue weighted by Gasteiger charge is 2.24. The van der Waals surface area contributed by atoms with E-state index in [9.17, 15) is 9.59 Å². The third-order valence-electron chi connectivity index (χ3n) is 4.04. The number of nitrogens with zero attached hydrogens (tertiary/aromatic N) is 2. The molecule has 0 bridgehead atoms. The highest BCUT2D eigenvalue weighted by Crippen LogP contribution is 2.34. The first kappa shape index (κ1) is 14.4. The predicted octanol–water partition coefficient (Wildman–Crippen LogP) is 2.53. The molecular weight excluding hydrogens is 284 g/mol. The van der Waals surface area contributed by atoms with Crippen molar-refractivity contribution in [3.8, 4) is 0 Å². The average molecular weight is 304 g/mol. The van der Waals surface area contributed by atoms with Gasteiger partial charge in [-0.3, -0.25) is 9.59 Å². The molecule has 2 amide bonds. The van der Waals surface area contributed by atoms with Gasteiger partial charge in [-0.15, -0.1) is 11.8 Å². The molecule has 0 spiro atoms. The van der Waals surface area contributed by atoms with Crippen molar-refractivity contribution < 1.29 is 9.59 Å². The zero-order chi connectivity index (χ0) is 14.7. The van der Waals surface area contributed by atoms with E-state index in [1.165, 1.54) is 0 Å². The molecule has 0 atom stereocenters. The Labute approximate surface area is 129 Å². The van der Waals surface area contributed by atoms with Crippen LogP contribution in [0.1, 0.15) is 25.7 Å². The fourth-order valence-corrected chi connectivity index (χ4v) is 3.85. The molecule has 3 rings (SSSR count). The number of carbonyl (C=O) groups is 2. The second kappa shape index (κ2) is 6.52. The van der Waals surface area contributed by atoms with Gasteiger partial charge in [-0.05, 0) is 31.4 Å². The molecule has 2 heterocycles. The summed E-state index contributed by atoms with van der Waals surface area (Å²) in [5.74, 6) is 0.879. The Morgan fingerprint density at radius 3 is 2.76 bits per heavy atom. The molecule has 5 heteroatoms. The van der Waals surface area contributed by atoms with Crippen molar-refractivity contribution >= 4 is 29.3 Å². The molecule has 0 aromatic heterocycles. The number of anilines is 1. The summed E-state index contributed by atoms with van der Waals surface area (Å²) in [6, 6.07) is 7.99. The molecule has 2 aliphatic rings. The van der Waals surface area contributed by atoms with E-state index in [4.69, 9.17) is 0 Å². The average Bonchev–Trinajstić information content (AvgIpc) is 3.04. The van der Waals surface area contributed by atoms with E-state index in [1.54, 1.807) is 11.8 Å². The molecule has 0 unspecified atom stereocenters. The minimum absolute atomic E-state index is 0.146. The van der Waals surface area contributed by atoms with Gasteiger partial charge in [-0.2, -0.15) is 0 Å². The Morgan fingerprint density at radius 2 is 1.95 bits per heavy atom. The van der Waals surface area contributed by atoms with Gasteiger partial charge in [0.05, 0.1) is 11.4 Å². The second-order valence-electron chi connectivity index (χ2n) is 5.49. The van der Waals surface area contributed by atoms with Crippen molar-refractivity contribution in [2.75, 3.05) is 30.3 Å². The lowest BCUT2D eigenvalue weighted by atomic mass is 10.2. The molecule has 1 aromatic carbocycles. The van der Waals surface area contributed by atoms with Gasteiger partial charge in [0.2, 0.25) is 11.8 Å². The monoisotopic (exact) mass is 304 g/mol. The maximum Gasteiger partial charge on any atom is 0.237 e. The number of fused-ring (bicyclic) bond motifs is 1. The number of thioether (sulfide) groups is 1. The van der Waals surface area contributed by atoms with Gasteiger partial charge in [0.15, 0.2) is 0 Å². The van der Waals surface area contributed by atoms with Crippen molar-refractivity contribution in [3.63, 3.8) is 0 Å². The van der Waals surface area contributed by atoms with Crippen molar-refractivity contribution in [2.24, 2.45) is 0 Å². The minimum atomic E-state index is 0.146. The number of benzene rings is 1. The Bertz CT molecular complexity index is 541. The van der Waals surface area contributed by atoms with Gasteiger partial charge in [0.25, 0.3) is 0 Å². The van der Waals surface area contributed by atoms with E-state index in [2.05, 4.69) is 6.07 Å². The van der Waals surface area contributed by atoms with Gasteiger partial charge >= 0.3 is 0 Å². The van der Waals surface area contributed by atoms with Gasteiger partial charge < -0.3 is 9.80 Å². The van der Waals surface area contributed by atoms with Crippen LogP contribution in [0, 0.1) is 0 Å². The van der Waals surface area contributed by atoms with E-state index in [0.29, 0.717) is 18.7 Å². The Kier molecular flexibility index (Phi) is 4.48. The molecule has 4 nitrogen and oxygen atoms in total. The summed E-state index contributed by atoms with van der Waals surface area (Å²) in [7, 11) is 0. The molecule has 1 fully saturated rings. The van der Waals surface area contributed by atoms with Crippen LogP contribution in [0.3, 0.4) is 0 Å². The van der Waals surface area contributed by atoms with Crippen LogP contribution >= 0.6 is 11.8 Å². The largest absolute Gasteiger partial charge is 0.343 e. The minimum Gasteiger partial charge on any atom is -0.343 e. The van der Waals surface area contributed by atoms with Crippen molar-refractivity contribution in [3.05, 3.63) is 24.3 Å². The maximum absolute atomic E-state index is 12.1. The van der Waals surface area contributed by atoms with E-state index < -0.39 is 0 Å². The van der Waals surface area contributed by atoms with Crippen molar-refractivity contribution in [1.29, 1.82) is 0 Å². The van der Waals surface area contributed by atoms with E-state index in [1.807, 2.05) is 28.0 Å². The third kappa shape index (κ3) is 3.23. The number of rotatable bonds is 4. The first-order valence-electron chi connectivity index (χ1n) is 7.56. The Hall–Kier alpha value is -1.49. The van der Waals surface area contributed by atoms with E-state index in [0.717, 1.165) is 42.9 Å². The summed E-state index contributed by atoms with van der Waals surface area (Å²) < 4.78 is 0. The number of hydrogen-bond acceptors (Lipinski definition) is 3. The number of likely N-dealkylation sites (tertiary alicyclic amines) is 1. The topological polar surface area (TPSA) is 40.6 Å². The molecule has 0 aliphatic carbocycles. The van der Waals surface area contributed by atoms with Crippen LogP contribution in [0.4, 0.5) is 5.69 Å². The van der Waals surface area contributed by atoms with Crippen LogP contribution in [-0.4, -0.2) is 42.1 Å². The number of amides is 2. The van der Waals surface area contributed by atoms with E-state index >= 15 is 0 Å². The summed E-state index contributed by atoms with van der Waals surface area (Å²) in [5, 5.41) is 0. The molecule has 0 radical (unpaired) electrons. The number of hydrogen-bond donors (Lipinski definition) is 0. The van der Waals surface area contributed by atoms with Crippen LogP contribution in [0.15, 0.2) is 29.2 Å². The molecule has 112 valence electrons. The van der Waals surface area contributed by atoms with Gasteiger partial charge in [-0.1, -0.05) is 12.1 Å². The first-order chi connectivity index (χ1) is 10.3. The second-order valence-corrected chi connectivity index (χ2v) is 6.51. The van der Waals surface area contributed by atoms with Crippen molar-refractivity contribution in [2.45, 2.75) is 30.6 Å². The Morgan fingerprint density at radius 1 is 1.19 bits per heavy atom. The molecule has 2 aliphatic heterocycles. The molecule has 1 aromatic rings. The van der Waals surface area contributed by atoms with Crippen LogP contribution in [0.2, 0.25) is 0 Å². The number of para-hydroxylation sites is 1. The number of carbonyl (C=O) groups excluding carboxylic acids is 2. The summed E-state index contributed by atoms with van der Waals surface area (Å²) >= 11 is 1.59. The molecule has 1 saturated heterocycles. The van der Waals surface area contributed by atoms with Crippen molar-refractivity contribution in [1.82, 2.24) is 4.90 Å². The standard InChI is InChI=1S/C16H20N2O2S/c19-15(17-9-3-4-10-17)8-5-11-18-13-6-1-2-7-14(13)21-12-16(18)20/h1-2,6-7H,3-5,8-12H2. The highest BCUT2D eigenvalue weighted by atomic mass is 32.2. The molecule has 0 saturated carbocycles. The van der Waals surface area contributed by atoms with Crippen LogP contribution in [0.5, 0.6) is 0 Å². The zero-order valence-electron chi connectivity index (χ0n) is 12.1. The Balaban J connectivity index is 1.57. The fourth-order valence-electron chi connectivity index (χ4n) is 2.91. The smallest absolute Gasteiger partial charge is 0.237 e. The van der Waals surface area contributed by atoms with Crippen LogP contribution in [-0.2, 0) is 9.59 Å². The highest BCUT2D eigenvalue weighted by molar-refractivity contribution is 8.00. The molecule has 21 heavy (non-hydrogen) atoms. The lowest BCUT2D eigenvalue weighted by Crippen LogP contribution is -2.37. The zero-order valence-corrected chi connectivity index (χ0v) is 12.9. The van der Waals surface area contributed by atoms with Gasteiger partial charge in [0.1, 0.15) is 0 Å². The molecule has 0 N–H and O–H groups in total. The summed E-state index contributed by atoms with van der Waals surface area (Å²) in [5.41, 5.74) is 0.993. The van der Waals surface area contributed by atoms with Crippen LogP contribution in [0.25, 0.3) is 0 Å². The normalized spacial score (nSPS) is 18.0. The summed E-state index contributed by atoms with van der Waals surface area (Å²) in [6.45, 7) is 2.44.